The molecule has 0 saturated heterocycles. The maximum atomic E-state index is 11.9. The van der Waals surface area contributed by atoms with Crippen molar-refractivity contribution in [2.45, 2.75) is 65.3 Å². The van der Waals surface area contributed by atoms with Crippen LogP contribution >= 0.6 is 0 Å². The van der Waals surface area contributed by atoms with Gasteiger partial charge < -0.3 is 19.7 Å². The number of rotatable bonds is 10. The summed E-state index contributed by atoms with van der Waals surface area (Å²) in [6.07, 6.45) is 0.904. The molecule has 0 rings (SSSR count). The summed E-state index contributed by atoms with van der Waals surface area (Å²) in [5.41, 5.74) is 0. The van der Waals surface area contributed by atoms with Crippen LogP contribution in [0.25, 0.3) is 0 Å². The van der Waals surface area contributed by atoms with Crippen LogP contribution in [0.1, 0.15) is 52.9 Å². The minimum atomic E-state index is -1.40. The van der Waals surface area contributed by atoms with Crippen LogP contribution in [0.4, 0.5) is 0 Å². The Morgan fingerprint density at radius 3 is 2.05 bits per heavy atom. The zero-order valence-electron chi connectivity index (χ0n) is 12.5. The summed E-state index contributed by atoms with van der Waals surface area (Å²) in [4.78, 5) is 23.7. The van der Waals surface area contributed by atoms with Crippen LogP contribution in [-0.4, -0.2) is 41.2 Å². The van der Waals surface area contributed by atoms with E-state index in [1.807, 2.05) is 13.8 Å². The summed E-state index contributed by atoms with van der Waals surface area (Å²) in [5, 5.41) is 17.9. The molecule has 0 spiro atoms. The van der Waals surface area contributed by atoms with E-state index in [0.717, 1.165) is 12.8 Å². The summed E-state index contributed by atoms with van der Waals surface area (Å²) in [5.74, 6) is -2.46. The standard InChI is InChI=1S/C14H26O6/c1-4-7-10(5-2)19-13(17)11(6-3)14(18)20-12(16)8-9-15/h10-12,15-16H,4-9H2,1-3H3. The van der Waals surface area contributed by atoms with Gasteiger partial charge in [-0.05, 0) is 19.3 Å². The van der Waals surface area contributed by atoms with Crippen LogP contribution in [0, 0.1) is 5.92 Å². The molecular formula is C14H26O6. The molecule has 0 bridgehead atoms. The molecule has 0 saturated carbocycles. The lowest BCUT2D eigenvalue weighted by molar-refractivity contribution is -0.181. The Morgan fingerprint density at radius 1 is 1.00 bits per heavy atom. The van der Waals surface area contributed by atoms with Crippen LogP contribution in [0.3, 0.4) is 0 Å². The van der Waals surface area contributed by atoms with Crippen LogP contribution < -0.4 is 0 Å². The molecule has 118 valence electrons. The fourth-order valence-corrected chi connectivity index (χ4v) is 1.73. The Labute approximate surface area is 120 Å². The van der Waals surface area contributed by atoms with E-state index < -0.39 is 24.1 Å². The minimum Gasteiger partial charge on any atom is -0.462 e. The van der Waals surface area contributed by atoms with E-state index in [9.17, 15) is 14.7 Å². The van der Waals surface area contributed by atoms with Gasteiger partial charge in [0.25, 0.3) is 0 Å². The van der Waals surface area contributed by atoms with Crippen molar-refractivity contribution in [1.29, 1.82) is 0 Å². The zero-order chi connectivity index (χ0) is 15.5. The highest BCUT2D eigenvalue weighted by Gasteiger charge is 2.30. The van der Waals surface area contributed by atoms with Crippen molar-refractivity contribution in [3.05, 3.63) is 0 Å². The van der Waals surface area contributed by atoms with Gasteiger partial charge in [-0.2, -0.15) is 0 Å². The number of hydrogen-bond donors (Lipinski definition) is 2. The molecule has 3 atom stereocenters. The lowest BCUT2D eigenvalue weighted by Crippen LogP contribution is -2.33. The Kier molecular flexibility index (Phi) is 10.0. The van der Waals surface area contributed by atoms with Crippen molar-refractivity contribution in [2.24, 2.45) is 5.92 Å². The third kappa shape index (κ3) is 6.86. The predicted octanol–water partition coefficient (Wildman–Crippen LogP) is 1.38. The van der Waals surface area contributed by atoms with Crippen molar-refractivity contribution in [2.75, 3.05) is 6.61 Å². The Hall–Kier alpha value is -1.14. The van der Waals surface area contributed by atoms with Gasteiger partial charge in [0.15, 0.2) is 5.92 Å². The highest BCUT2D eigenvalue weighted by Crippen LogP contribution is 2.14. The van der Waals surface area contributed by atoms with Crippen LogP contribution in [-0.2, 0) is 19.1 Å². The van der Waals surface area contributed by atoms with Gasteiger partial charge in [-0.25, -0.2) is 0 Å². The Morgan fingerprint density at radius 2 is 1.60 bits per heavy atom. The molecule has 20 heavy (non-hydrogen) atoms. The highest BCUT2D eigenvalue weighted by atomic mass is 16.6. The lowest BCUT2D eigenvalue weighted by atomic mass is 10.1. The minimum absolute atomic E-state index is 0.0787. The smallest absolute Gasteiger partial charge is 0.322 e. The van der Waals surface area contributed by atoms with Gasteiger partial charge in [-0.15, -0.1) is 0 Å². The maximum absolute atomic E-state index is 11.9. The number of carbonyl (C=O) groups is 2. The van der Waals surface area contributed by atoms with Gasteiger partial charge in [0, 0.05) is 13.0 Å². The van der Waals surface area contributed by atoms with Crippen LogP contribution in [0.15, 0.2) is 0 Å². The van der Waals surface area contributed by atoms with Crippen molar-refractivity contribution >= 4 is 11.9 Å². The van der Waals surface area contributed by atoms with Crippen LogP contribution in [0.2, 0.25) is 0 Å². The van der Waals surface area contributed by atoms with E-state index in [4.69, 9.17) is 14.6 Å². The third-order valence-electron chi connectivity index (χ3n) is 2.95. The summed E-state index contributed by atoms with van der Waals surface area (Å²) < 4.78 is 9.98. The molecule has 2 N–H and O–H groups in total. The maximum Gasteiger partial charge on any atom is 0.322 e. The normalized spacial score (nSPS) is 15.2. The first-order chi connectivity index (χ1) is 9.49. The van der Waals surface area contributed by atoms with E-state index >= 15 is 0 Å². The Bertz CT molecular complexity index is 291. The number of ether oxygens (including phenoxy) is 2. The van der Waals surface area contributed by atoms with Gasteiger partial charge in [-0.1, -0.05) is 27.2 Å². The summed E-state index contributed by atoms with van der Waals surface area (Å²) in [6, 6.07) is 0. The van der Waals surface area contributed by atoms with E-state index in [1.54, 1.807) is 6.92 Å². The Balaban J connectivity index is 4.48. The van der Waals surface area contributed by atoms with Gasteiger partial charge in [0.2, 0.25) is 6.29 Å². The van der Waals surface area contributed by atoms with E-state index in [2.05, 4.69) is 0 Å². The number of carbonyl (C=O) groups excluding carboxylic acids is 2. The molecule has 6 heteroatoms. The second-order valence-corrected chi connectivity index (χ2v) is 4.62. The van der Waals surface area contributed by atoms with Gasteiger partial charge in [0.1, 0.15) is 6.10 Å². The molecule has 0 aliphatic heterocycles. The average molecular weight is 290 g/mol. The summed E-state index contributed by atoms with van der Waals surface area (Å²) in [7, 11) is 0. The summed E-state index contributed by atoms with van der Waals surface area (Å²) >= 11 is 0. The lowest BCUT2D eigenvalue weighted by Gasteiger charge is -2.20. The quantitative estimate of drug-likeness (QED) is 0.359. The highest BCUT2D eigenvalue weighted by molar-refractivity contribution is 5.94. The largest absolute Gasteiger partial charge is 0.462 e. The molecule has 0 radical (unpaired) electrons. The van der Waals surface area contributed by atoms with Crippen molar-refractivity contribution in [3.63, 3.8) is 0 Å². The molecule has 3 unspecified atom stereocenters. The first kappa shape index (κ1) is 18.9. The van der Waals surface area contributed by atoms with E-state index in [0.29, 0.717) is 6.42 Å². The monoisotopic (exact) mass is 290 g/mol. The average Bonchev–Trinajstić information content (AvgIpc) is 2.39. The molecule has 0 aromatic heterocycles. The molecule has 0 aliphatic carbocycles. The first-order valence-corrected chi connectivity index (χ1v) is 7.19. The fourth-order valence-electron chi connectivity index (χ4n) is 1.73. The van der Waals surface area contributed by atoms with Gasteiger partial charge >= 0.3 is 11.9 Å². The SMILES string of the molecule is CCCC(CC)OC(=O)C(CC)C(=O)OC(O)CCO. The number of aliphatic hydroxyl groups is 2. The molecule has 0 aliphatic rings. The topological polar surface area (TPSA) is 93.1 Å². The zero-order valence-corrected chi connectivity index (χ0v) is 12.5. The van der Waals surface area contributed by atoms with E-state index in [-0.39, 0.29) is 25.6 Å². The number of hydrogen-bond acceptors (Lipinski definition) is 6. The predicted molar refractivity (Wildman–Crippen MR) is 72.7 cm³/mol. The molecule has 0 amide bonds. The molecular weight excluding hydrogens is 264 g/mol. The van der Waals surface area contributed by atoms with E-state index in [1.165, 1.54) is 0 Å². The van der Waals surface area contributed by atoms with Crippen molar-refractivity contribution in [3.8, 4) is 0 Å². The molecule has 0 heterocycles. The van der Waals surface area contributed by atoms with Crippen molar-refractivity contribution in [1.82, 2.24) is 0 Å². The van der Waals surface area contributed by atoms with Gasteiger partial charge in [-0.3, -0.25) is 9.59 Å². The molecule has 0 aromatic carbocycles. The second kappa shape index (κ2) is 10.6. The molecule has 0 fully saturated rings. The first-order valence-electron chi connectivity index (χ1n) is 7.19. The second-order valence-electron chi connectivity index (χ2n) is 4.62. The number of esters is 2. The van der Waals surface area contributed by atoms with Crippen molar-refractivity contribution < 1.29 is 29.3 Å². The summed E-state index contributed by atoms with van der Waals surface area (Å²) in [6.45, 7) is 5.28. The molecule has 6 nitrogen and oxygen atoms in total. The van der Waals surface area contributed by atoms with Crippen LogP contribution in [0.5, 0.6) is 0 Å². The third-order valence-corrected chi connectivity index (χ3v) is 2.95. The fraction of sp³-hybridized carbons (Fsp3) is 0.857. The molecule has 0 aromatic rings. The van der Waals surface area contributed by atoms with Gasteiger partial charge in [0.05, 0.1) is 0 Å². The number of aliphatic hydroxyl groups excluding tert-OH is 2.